The molecule has 2 rings (SSSR count). The summed E-state index contributed by atoms with van der Waals surface area (Å²) in [5.41, 5.74) is 0.853. The van der Waals surface area contributed by atoms with Gasteiger partial charge in [-0.05, 0) is 31.0 Å². The van der Waals surface area contributed by atoms with E-state index in [1.54, 1.807) is 19.2 Å². The normalized spacial score (nSPS) is 12.8. The average molecular weight is 339 g/mol. The first-order chi connectivity index (χ1) is 10.8. The van der Waals surface area contributed by atoms with Crippen molar-refractivity contribution in [3.05, 3.63) is 48.0 Å². The maximum absolute atomic E-state index is 12.8. The van der Waals surface area contributed by atoms with Gasteiger partial charge in [-0.3, -0.25) is 4.79 Å². The monoisotopic (exact) mass is 339 g/mol. The van der Waals surface area contributed by atoms with E-state index in [1.165, 1.54) is 36.0 Å². The third-order valence-electron chi connectivity index (χ3n) is 3.49. The van der Waals surface area contributed by atoms with Crippen LogP contribution in [0.25, 0.3) is 0 Å². The topological polar surface area (TPSA) is 81.1 Å². The lowest BCUT2D eigenvalue weighted by Gasteiger charge is -2.13. The van der Waals surface area contributed by atoms with Crippen molar-refractivity contribution in [1.82, 2.24) is 14.9 Å². The van der Waals surface area contributed by atoms with Gasteiger partial charge in [0.25, 0.3) is 0 Å². The first-order valence-corrected chi connectivity index (χ1v) is 8.60. The number of sulfone groups is 1. The number of nitrogens with zero attached hydrogens (tertiary/aromatic N) is 2. The summed E-state index contributed by atoms with van der Waals surface area (Å²) >= 11 is 0. The first-order valence-electron chi connectivity index (χ1n) is 7.05. The molecule has 0 radical (unpaired) electrons. The Morgan fingerprint density at radius 3 is 2.57 bits per heavy atom. The molecule has 23 heavy (non-hydrogen) atoms. The van der Waals surface area contributed by atoms with Gasteiger partial charge < -0.3 is 9.88 Å². The van der Waals surface area contributed by atoms with Gasteiger partial charge in [0.1, 0.15) is 11.1 Å². The Kier molecular flexibility index (Phi) is 5.15. The fraction of sp³-hybridized carbons (Fsp3) is 0.333. The van der Waals surface area contributed by atoms with Crippen LogP contribution in [-0.4, -0.2) is 35.7 Å². The largest absolute Gasteiger partial charge is 0.355 e. The molecule has 0 saturated carbocycles. The van der Waals surface area contributed by atoms with E-state index in [0.717, 1.165) is 5.56 Å². The number of benzene rings is 1. The van der Waals surface area contributed by atoms with Crippen LogP contribution >= 0.6 is 0 Å². The molecule has 6 nitrogen and oxygen atoms in total. The lowest BCUT2D eigenvalue weighted by atomic mass is 10.1. The van der Waals surface area contributed by atoms with E-state index in [-0.39, 0.29) is 17.5 Å². The lowest BCUT2D eigenvalue weighted by molar-refractivity contribution is -0.120. The molecule has 1 aromatic carbocycles. The fourth-order valence-corrected chi connectivity index (χ4v) is 3.40. The number of carbonyl (C=O) groups is 1. The van der Waals surface area contributed by atoms with Crippen LogP contribution in [0, 0.1) is 5.82 Å². The number of carbonyl (C=O) groups excluding carboxylic acids is 1. The number of rotatable bonds is 6. The summed E-state index contributed by atoms with van der Waals surface area (Å²) in [5.74, 6) is -0.914. The molecule has 1 aromatic heterocycles. The van der Waals surface area contributed by atoms with Crippen LogP contribution in [0.4, 0.5) is 4.39 Å². The highest BCUT2D eigenvalue weighted by Gasteiger charge is 2.32. The summed E-state index contributed by atoms with van der Waals surface area (Å²) in [5, 5.41) is 1.20. The van der Waals surface area contributed by atoms with Crippen molar-refractivity contribution >= 4 is 15.7 Å². The zero-order valence-corrected chi connectivity index (χ0v) is 13.7. The number of aryl methyl sites for hydroxylation is 1. The Labute approximate surface area is 134 Å². The number of nitrogens with one attached hydrogen (secondary N) is 1. The van der Waals surface area contributed by atoms with E-state index < -0.39 is 21.0 Å². The van der Waals surface area contributed by atoms with E-state index in [2.05, 4.69) is 10.3 Å². The highest BCUT2D eigenvalue weighted by Crippen LogP contribution is 2.13. The predicted octanol–water partition coefficient (Wildman–Crippen LogP) is 1.08. The first kappa shape index (κ1) is 17.1. The molecule has 0 saturated heterocycles. The van der Waals surface area contributed by atoms with Gasteiger partial charge in [0.05, 0.1) is 0 Å². The minimum Gasteiger partial charge on any atom is -0.355 e. The summed E-state index contributed by atoms with van der Waals surface area (Å²) in [7, 11) is -2.28. The summed E-state index contributed by atoms with van der Waals surface area (Å²) in [6.45, 7) is 1.60. The molecule has 1 N–H and O–H groups in total. The zero-order chi connectivity index (χ0) is 17.0. The number of amides is 1. The van der Waals surface area contributed by atoms with Crippen molar-refractivity contribution in [3.8, 4) is 0 Å². The van der Waals surface area contributed by atoms with Crippen molar-refractivity contribution in [2.24, 2.45) is 7.05 Å². The van der Waals surface area contributed by atoms with Crippen molar-refractivity contribution in [2.45, 2.75) is 23.8 Å². The van der Waals surface area contributed by atoms with E-state index in [4.69, 9.17) is 0 Å². The van der Waals surface area contributed by atoms with Crippen LogP contribution in [0.3, 0.4) is 0 Å². The second-order valence-electron chi connectivity index (χ2n) is 5.18. The van der Waals surface area contributed by atoms with Gasteiger partial charge in [-0.15, -0.1) is 0 Å². The molecule has 1 amide bonds. The van der Waals surface area contributed by atoms with Gasteiger partial charge in [-0.1, -0.05) is 12.1 Å². The third kappa shape index (κ3) is 3.95. The van der Waals surface area contributed by atoms with E-state index in [0.29, 0.717) is 6.42 Å². The van der Waals surface area contributed by atoms with Gasteiger partial charge in [-0.25, -0.2) is 17.8 Å². The highest BCUT2D eigenvalue weighted by molar-refractivity contribution is 7.92. The zero-order valence-electron chi connectivity index (χ0n) is 12.9. The summed E-state index contributed by atoms with van der Waals surface area (Å²) in [4.78, 5) is 15.8. The Morgan fingerprint density at radius 2 is 2.00 bits per heavy atom. The summed E-state index contributed by atoms with van der Waals surface area (Å²) in [6, 6.07) is 5.92. The second-order valence-corrected chi connectivity index (χ2v) is 7.34. The second kappa shape index (κ2) is 6.91. The molecule has 0 aliphatic carbocycles. The van der Waals surface area contributed by atoms with Crippen LogP contribution in [0.1, 0.15) is 12.5 Å². The van der Waals surface area contributed by atoms with Gasteiger partial charge in [-0.2, -0.15) is 0 Å². The molecule has 1 heterocycles. The minimum atomic E-state index is -3.84. The van der Waals surface area contributed by atoms with Crippen LogP contribution in [0.5, 0.6) is 0 Å². The number of aromatic nitrogens is 2. The van der Waals surface area contributed by atoms with Crippen molar-refractivity contribution in [1.29, 1.82) is 0 Å². The molecule has 124 valence electrons. The summed E-state index contributed by atoms with van der Waals surface area (Å²) in [6.07, 6.45) is 3.36. The number of hydrogen-bond donors (Lipinski definition) is 1. The van der Waals surface area contributed by atoms with E-state index >= 15 is 0 Å². The van der Waals surface area contributed by atoms with Gasteiger partial charge in [0.15, 0.2) is 0 Å². The van der Waals surface area contributed by atoms with Crippen LogP contribution < -0.4 is 5.32 Å². The van der Waals surface area contributed by atoms with E-state index in [1.807, 2.05) is 0 Å². The molecule has 0 spiro atoms. The fourth-order valence-electron chi connectivity index (χ4n) is 2.05. The lowest BCUT2D eigenvalue weighted by Crippen LogP contribution is -2.39. The minimum absolute atomic E-state index is 0.140. The van der Waals surface area contributed by atoms with Gasteiger partial charge >= 0.3 is 0 Å². The van der Waals surface area contributed by atoms with Gasteiger partial charge in [0.2, 0.25) is 20.9 Å². The van der Waals surface area contributed by atoms with Crippen LogP contribution in [-0.2, 0) is 28.1 Å². The molecule has 0 aliphatic heterocycles. The molecular weight excluding hydrogens is 321 g/mol. The van der Waals surface area contributed by atoms with Crippen molar-refractivity contribution in [3.63, 3.8) is 0 Å². The maximum Gasteiger partial charge on any atom is 0.238 e. The average Bonchev–Trinajstić information content (AvgIpc) is 2.95. The Balaban J connectivity index is 1.95. The number of halogens is 1. The quantitative estimate of drug-likeness (QED) is 0.854. The number of imidazole rings is 1. The SMILES string of the molecule is C[C@@H](C(=O)NCCc1ccc(F)cc1)S(=O)(=O)c1nccn1C. The van der Waals surface area contributed by atoms with E-state index in [9.17, 15) is 17.6 Å². The molecule has 0 unspecified atom stereocenters. The standard InChI is InChI=1S/C15H18FN3O3S/c1-11(23(21,22)15-18-9-10-19(15)2)14(20)17-8-7-12-3-5-13(16)6-4-12/h3-6,9-11H,7-8H2,1-2H3,(H,17,20)/t11-/m0/s1. The molecule has 2 aromatic rings. The molecule has 0 aliphatic rings. The van der Waals surface area contributed by atoms with Crippen molar-refractivity contribution < 1.29 is 17.6 Å². The molecular formula is C15H18FN3O3S. The van der Waals surface area contributed by atoms with Crippen molar-refractivity contribution in [2.75, 3.05) is 6.54 Å². The van der Waals surface area contributed by atoms with Crippen LogP contribution in [0.2, 0.25) is 0 Å². The highest BCUT2D eigenvalue weighted by atomic mass is 32.2. The smallest absolute Gasteiger partial charge is 0.238 e. The molecule has 0 fully saturated rings. The maximum atomic E-state index is 12.8. The molecule has 8 heteroatoms. The molecule has 0 bridgehead atoms. The predicted molar refractivity (Wildman–Crippen MR) is 83.0 cm³/mol. The summed E-state index contributed by atoms with van der Waals surface area (Å²) < 4.78 is 38.8. The Morgan fingerprint density at radius 1 is 1.35 bits per heavy atom. The Hall–Kier alpha value is -2.22. The number of hydrogen-bond acceptors (Lipinski definition) is 4. The van der Waals surface area contributed by atoms with Gasteiger partial charge in [0, 0.05) is 26.0 Å². The third-order valence-corrected chi connectivity index (χ3v) is 5.54. The van der Waals surface area contributed by atoms with Crippen LogP contribution in [0.15, 0.2) is 41.8 Å². The Bertz CT molecular complexity index is 785. The molecule has 1 atom stereocenters.